The lowest BCUT2D eigenvalue weighted by atomic mass is 10.8. The molecule has 1 heterocycles. The third kappa shape index (κ3) is 3.86. The minimum Gasteiger partial charge on any atom is -0.275 e. The summed E-state index contributed by atoms with van der Waals surface area (Å²) < 4.78 is 0. The lowest BCUT2D eigenvalue weighted by Gasteiger charge is -1.66. The van der Waals surface area contributed by atoms with Crippen molar-refractivity contribution in [3.8, 4) is 0 Å². The van der Waals surface area contributed by atoms with Gasteiger partial charge < -0.3 is 0 Å². The molecule has 1 nitrogen and oxygen atoms in total. The smallest absolute Gasteiger partial charge is 0.122 e. The Morgan fingerprint density at radius 2 is 2.43 bits per heavy atom. The molecule has 1 rings (SSSR count). The van der Waals surface area contributed by atoms with Gasteiger partial charge in [0.15, 0.2) is 0 Å². The van der Waals surface area contributed by atoms with Gasteiger partial charge in [0.05, 0.1) is 0 Å². The van der Waals surface area contributed by atoms with Crippen molar-refractivity contribution in [3.05, 3.63) is 6.92 Å². The predicted octanol–water partition coefficient (Wildman–Crippen LogP) is 1.48. The molecular formula is C5H9NS. The Morgan fingerprint density at radius 3 is 2.57 bits per heavy atom. The number of aliphatic imine (C=N–C) groups is 1. The standard InChI is InChI=1S/C3H4NS.C2H5/c1-2-5-3-4-1;1-2/h1-2H2;1H2,2H3. The summed E-state index contributed by atoms with van der Waals surface area (Å²) in [5.74, 6) is 1.14. The molecule has 0 saturated carbocycles. The van der Waals surface area contributed by atoms with Gasteiger partial charge in [-0.25, -0.2) is 0 Å². The fraction of sp³-hybridized carbons (Fsp3) is 0.600. The molecule has 2 radical (unpaired) electrons. The van der Waals surface area contributed by atoms with Gasteiger partial charge in [0, 0.05) is 12.3 Å². The highest BCUT2D eigenvalue weighted by Gasteiger charge is 1.87. The highest BCUT2D eigenvalue weighted by atomic mass is 32.2. The Morgan fingerprint density at radius 1 is 1.71 bits per heavy atom. The van der Waals surface area contributed by atoms with Crippen molar-refractivity contribution < 1.29 is 0 Å². The van der Waals surface area contributed by atoms with Gasteiger partial charge in [-0.2, -0.15) is 0 Å². The Kier molecular flexibility index (Phi) is 6.04. The Bertz CT molecular complexity index is 46.0. The van der Waals surface area contributed by atoms with Crippen molar-refractivity contribution in [2.24, 2.45) is 4.99 Å². The van der Waals surface area contributed by atoms with Crippen LogP contribution in [0.15, 0.2) is 4.99 Å². The molecule has 2 heteroatoms. The summed E-state index contributed by atoms with van der Waals surface area (Å²) in [5, 5.41) is 0. The van der Waals surface area contributed by atoms with E-state index in [1.54, 1.807) is 18.7 Å². The molecule has 40 valence electrons. The summed E-state index contributed by atoms with van der Waals surface area (Å²) in [4.78, 5) is 3.80. The first kappa shape index (κ1) is 7.02. The third-order valence-electron chi connectivity index (χ3n) is 0.434. The van der Waals surface area contributed by atoms with Crippen LogP contribution in [0.5, 0.6) is 0 Å². The minimum absolute atomic E-state index is 0.977. The van der Waals surface area contributed by atoms with Gasteiger partial charge in [0.1, 0.15) is 5.55 Å². The van der Waals surface area contributed by atoms with Crippen molar-refractivity contribution in [3.63, 3.8) is 0 Å². The number of hydrogen-bond acceptors (Lipinski definition) is 2. The van der Waals surface area contributed by atoms with Gasteiger partial charge in [-0.05, 0) is 0 Å². The zero-order valence-electron chi connectivity index (χ0n) is 4.48. The molecule has 0 bridgehead atoms. The monoisotopic (exact) mass is 115 g/mol. The van der Waals surface area contributed by atoms with E-state index < -0.39 is 0 Å². The average Bonchev–Trinajstić information content (AvgIpc) is 2.23. The lowest BCUT2D eigenvalue weighted by Crippen LogP contribution is -1.69. The van der Waals surface area contributed by atoms with Crippen LogP contribution in [-0.4, -0.2) is 17.8 Å². The van der Waals surface area contributed by atoms with Gasteiger partial charge in [0.2, 0.25) is 0 Å². The number of nitrogens with zero attached hydrogens (tertiary/aromatic N) is 1. The maximum atomic E-state index is 3.80. The van der Waals surface area contributed by atoms with Crippen molar-refractivity contribution in [2.45, 2.75) is 6.92 Å². The molecule has 0 spiro atoms. The van der Waals surface area contributed by atoms with E-state index in [0.29, 0.717) is 0 Å². The zero-order chi connectivity index (χ0) is 5.54. The van der Waals surface area contributed by atoms with Crippen molar-refractivity contribution in [2.75, 3.05) is 12.3 Å². The molecule has 0 fully saturated rings. The van der Waals surface area contributed by atoms with Crippen LogP contribution in [-0.2, 0) is 0 Å². The van der Waals surface area contributed by atoms with Crippen LogP contribution < -0.4 is 0 Å². The van der Waals surface area contributed by atoms with E-state index in [9.17, 15) is 0 Å². The van der Waals surface area contributed by atoms with Crippen LogP contribution in [0.4, 0.5) is 0 Å². The first-order valence-electron chi connectivity index (χ1n) is 2.24. The van der Waals surface area contributed by atoms with Gasteiger partial charge in [0.25, 0.3) is 0 Å². The number of rotatable bonds is 0. The van der Waals surface area contributed by atoms with E-state index in [-0.39, 0.29) is 0 Å². The lowest BCUT2D eigenvalue weighted by molar-refractivity contribution is 1.18. The van der Waals surface area contributed by atoms with Crippen molar-refractivity contribution in [1.82, 2.24) is 0 Å². The second-order valence-electron chi connectivity index (χ2n) is 0.821. The third-order valence-corrected chi connectivity index (χ3v) is 1.08. The quantitative estimate of drug-likeness (QED) is 0.466. The molecule has 0 aliphatic carbocycles. The molecule has 0 saturated heterocycles. The normalized spacial score (nSPS) is 15.7. The molecule has 0 unspecified atom stereocenters. The Labute approximate surface area is 49.2 Å². The molecule has 0 aromatic rings. The van der Waals surface area contributed by atoms with E-state index in [0.717, 1.165) is 12.3 Å². The van der Waals surface area contributed by atoms with E-state index in [1.807, 2.05) is 0 Å². The van der Waals surface area contributed by atoms with Gasteiger partial charge in [-0.3, -0.25) is 4.99 Å². The van der Waals surface area contributed by atoms with Crippen LogP contribution in [0.2, 0.25) is 0 Å². The molecule has 0 aromatic carbocycles. The highest BCUT2D eigenvalue weighted by molar-refractivity contribution is 8.12. The van der Waals surface area contributed by atoms with Crippen LogP contribution in [0.1, 0.15) is 6.92 Å². The minimum atomic E-state index is 0.977. The SMILES string of the molecule is [CH2]C.[C]1=NCCS1. The zero-order valence-corrected chi connectivity index (χ0v) is 5.29. The Hall–Kier alpha value is 0.0200. The van der Waals surface area contributed by atoms with Crippen LogP contribution in [0.3, 0.4) is 0 Å². The molecule has 0 atom stereocenters. The van der Waals surface area contributed by atoms with Crippen molar-refractivity contribution >= 4 is 17.3 Å². The topological polar surface area (TPSA) is 12.4 Å². The molecule has 1 aliphatic rings. The summed E-state index contributed by atoms with van der Waals surface area (Å²) in [5.41, 5.74) is 2.76. The number of thioether (sulfide) groups is 1. The van der Waals surface area contributed by atoms with Gasteiger partial charge in [-0.15, -0.1) is 11.8 Å². The summed E-state index contributed by atoms with van der Waals surface area (Å²) in [6.45, 7) is 5.98. The fourth-order valence-corrected chi connectivity index (χ4v) is 0.685. The Balaban J connectivity index is 0.000000162. The first-order chi connectivity index (χ1) is 3.50. The van der Waals surface area contributed by atoms with E-state index in [1.165, 1.54) is 0 Å². The van der Waals surface area contributed by atoms with Crippen molar-refractivity contribution in [1.29, 1.82) is 0 Å². The largest absolute Gasteiger partial charge is 0.275 e. The maximum absolute atomic E-state index is 3.80. The molecule has 1 aliphatic heterocycles. The molecule has 7 heavy (non-hydrogen) atoms. The molecule has 0 amide bonds. The van der Waals surface area contributed by atoms with Crippen LogP contribution in [0, 0.1) is 6.92 Å². The second-order valence-corrected chi connectivity index (χ2v) is 1.70. The first-order valence-corrected chi connectivity index (χ1v) is 3.23. The summed E-state index contributed by atoms with van der Waals surface area (Å²) in [6.07, 6.45) is 0. The summed E-state index contributed by atoms with van der Waals surface area (Å²) in [6, 6.07) is 0. The molecular weight excluding hydrogens is 106 g/mol. The van der Waals surface area contributed by atoms with Crippen LogP contribution >= 0.6 is 11.8 Å². The number of hydrogen-bond donors (Lipinski definition) is 0. The molecule has 0 N–H and O–H groups in total. The summed E-state index contributed by atoms with van der Waals surface area (Å²) >= 11 is 1.66. The van der Waals surface area contributed by atoms with Gasteiger partial charge in [-0.1, -0.05) is 13.8 Å². The van der Waals surface area contributed by atoms with Crippen LogP contribution in [0.25, 0.3) is 0 Å². The van der Waals surface area contributed by atoms with E-state index >= 15 is 0 Å². The predicted molar refractivity (Wildman–Crippen MR) is 35.8 cm³/mol. The maximum Gasteiger partial charge on any atom is 0.122 e. The highest BCUT2D eigenvalue weighted by Crippen LogP contribution is 1.99. The average molecular weight is 115 g/mol. The van der Waals surface area contributed by atoms with Gasteiger partial charge >= 0.3 is 0 Å². The van der Waals surface area contributed by atoms with E-state index in [4.69, 9.17) is 0 Å². The fourth-order valence-electron chi connectivity index (χ4n) is 0.228. The van der Waals surface area contributed by atoms with E-state index in [2.05, 4.69) is 17.5 Å². The second kappa shape index (κ2) is 6.02. The molecule has 0 aromatic heterocycles. The summed E-state index contributed by atoms with van der Waals surface area (Å²) in [7, 11) is 0.